The molecule has 0 heterocycles. The van der Waals surface area contributed by atoms with Crippen LogP contribution in [0.4, 0.5) is 0 Å². The smallest absolute Gasteiger partial charge is 0.150 e. The monoisotopic (exact) mass is 192 g/mol. The van der Waals surface area contributed by atoms with Gasteiger partial charge in [-0.1, -0.05) is 0 Å². The summed E-state index contributed by atoms with van der Waals surface area (Å²) in [5.41, 5.74) is 10.9. The molecule has 0 aromatic carbocycles. The Balaban J connectivity index is 2.70. The molecule has 4 N–H and O–H groups in total. The van der Waals surface area contributed by atoms with Gasteiger partial charge in [-0.25, -0.2) is 8.42 Å². The first-order valence-corrected chi connectivity index (χ1v) is 6.01. The van der Waals surface area contributed by atoms with Crippen LogP contribution in [-0.4, -0.2) is 32.0 Å². The van der Waals surface area contributed by atoms with Crippen LogP contribution in [-0.2, 0) is 9.84 Å². The molecule has 72 valence electrons. The average molecular weight is 192 g/mol. The molecule has 0 amide bonds. The standard InChI is InChI=1S/C7H16N2O2S/c1-12(10,11)6-2-3-7(9,4-6)5-8/h6H,2-5,8-9H2,1H3/t6-,7-/m0/s1. The van der Waals surface area contributed by atoms with E-state index in [1.165, 1.54) is 6.26 Å². The van der Waals surface area contributed by atoms with E-state index in [1.54, 1.807) is 0 Å². The summed E-state index contributed by atoms with van der Waals surface area (Å²) < 4.78 is 22.3. The number of hydrogen-bond acceptors (Lipinski definition) is 4. The van der Waals surface area contributed by atoms with E-state index in [9.17, 15) is 8.42 Å². The summed E-state index contributed by atoms with van der Waals surface area (Å²) in [4.78, 5) is 0. The average Bonchev–Trinajstić information content (AvgIpc) is 2.32. The van der Waals surface area contributed by atoms with Crippen molar-refractivity contribution < 1.29 is 8.42 Å². The largest absolute Gasteiger partial charge is 0.329 e. The quantitative estimate of drug-likeness (QED) is 0.602. The van der Waals surface area contributed by atoms with Gasteiger partial charge in [0, 0.05) is 18.3 Å². The third kappa shape index (κ3) is 1.97. The molecule has 12 heavy (non-hydrogen) atoms. The minimum Gasteiger partial charge on any atom is -0.329 e. The molecule has 0 aromatic heterocycles. The van der Waals surface area contributed by atoms with E-state index >= 15 is 0 Å². The molecule has 1 aliphatic rings. The van der Waals surface area contributed by atoms with Gasteiger partial charge in [0.15, 0.2) is 0 Å². The van der Waals surface area contributed by atoms with E-state index in [-0.39, 0.29) is 5.25 Å². The van der Waals surface area contributed by atoms with E-state index < -0.39 is 15.4 Å². The second-order valence-electron chi connectivity index (χ2n) is 3.76. The SMILES string of the molecule is CS(=O)(=O)[C@H]1CC[C@@](N)(CN)C1. The maximum Gasteiger partial charge on any atom is 0.150 e. The zero-order valence-corrected chi connectivity index (χ0v) is 8.10. The van der Waals surface area contributed by atoms with Crippen molar-refractivity contribution in [2.24, 2.45) is 11.5 Å². The molecule has 5 heteroatoms. The molecular formula is C7H16N2O2S. The fourth-order valence-corrected chi connectivity index (χ4v) is 2.84. The number of nitrogens with two attached hydrogens (primary N) is 2. The lowest BCUT2D eigenvalue weighted by atomic mass is 10.0. The Morgan fingerprint density at radius 2 is 2.17 bits per heavy atom. The fourth-order valence-electron chi connectivity index (χ4n) is 1.66. The number of sulfone groups is 1. The second kappa shape index (κ2) is 2.97. The number of hydrogen-bond donors (Lipinski definition) is 2. The summed E-state index contributed by atoms with van der Waals surface area (Å²) in [5.74, 6) is 0. The summed E-state index contributed by atoms with van der Waals surface area (Å²) in [6.07, 6.45) is 3.16. The van der Waals surface area contributed by atoms with Gasteiger partial charge in [-0.15, -0.1) is 0 Å². The topological polar surface area (TPSA) is 86.2 Å². The molecule has 0 unspecified atom stereocenters. The highest BCUT2D eigenvalue weighted by molar-refractivity contribution is 7.91. The first-order valence-electron chi connectivity index (χ1n) is 4.05. The Morgan fingerprint density at radius 1 is 1.58 bits per heavy atom. The van der Waals surface area contributed by atoms with Gasteiger partial charge in [0.1, 0.15) is 9.84 Å². The minimum atomic E-state index is -2.92. The molecule has 0 saturated heterocycles. The van der Waals surface area contributed by atoms with Crippen LogP contribution < -0.4 is 11.5 Å². The minimum absolute atomic E-state index is 0.272. The molecule has 1 rings (SSSR count). The zero-order valence-electron chi connectivity index (χ0n) is 7.29. The van der Waals surface area contributed by atoms with Crippen LogP contribution in [0.25, 0.3) is 0 Å². The van der Waals surface area contributed by atoms with Gasteiger partial charge < -0.3 is 11.5 Å². The van der Waals surface area contributed by atoms with Crippen molar-refractivity contribution in [2.75, 3.05) is 12.8 Å². The third-order valence-electron chi connectivity index (χ3n) is 2.61. The summed E-state index contributed by atoms with van der Waals surface area (Å²) in [6.45, 7) is 0.374. The Bertz CT molecular complexity index is 263. The molecule has 1 aliphatic carbocycles. The molecule has 0 aromatic rings. The van der Waals surface area contributed by atoms with Gasteiger partial charge in [0.25, 0.3) is 0 Å². The third-order valence-corrected chi connectivity index (χ3v) is 4.22. The molecule has 1 saturated carbocycles. The van der Waals surface area contributed by atoms with Gasteiger partial charge in [-0.2, -0.15) is 0 Å². The Hall–Kier alpha value is -0.130. The predicted octanol–water partition coefficient (Wildman–Crippen LogP) is -0.760. The van der Waals surface area contributed by atoms with Crippen LogP contribution in [0.5, 0.6) is 0 Å². The van der Waals surface area contributed by atoms with Crippen LogP contribution >= 0.6 is 0 Å². The molecule has 0 aliphatic heterocycles. The zero-order chi connectivity index (χ0) is 9.41. The normalized spacial score (nSPS) is 37.1. The van der Waals surface area contributed by atoms with Gasteiger partial charge in [-0.3, -0.25) is 0 Å². The van der Waals surface area contributed by atoms with Crippen molar-refractivity contribution in [3.8, 4) is 0 Å². The lowest BCUT2D eigenvalue weighted by Crippen LogP contribution is -2.45. The van der Waals surface area contributed by atoms with Crippen LogP contribution in [0.2, 0.25) is 0 Å². The fraction of sp³-hybridized carbons (Fsp3) is 1.00. The summed E-state index contributed by atoms with van der Waals surface area (Å²) in [6, 6.07) is 0. The molecular weight excluding hydrogens is 176 g/mol. The van der Waals surface area contributed by atoms with E-state index in [1.807, 2.05) is 0 Å². The molecule has 1 fully saturated rings. The molecule has 2 atom stereocenters. The van der Waals surface area contributed by atoms with Crippen molar-refractivity contribution in [3.63, 3.8) is 0 Å². The molecule has 0 bridgehead atoms. The van der Waals surface area contributed by atoms with Crippen LogP contribution in [0.15, 0.2) is 0 Å². The maximum atomic E-state index is 11.1. The molecule has 4 nitrogen and oxygen atoms in total. The van der Waals surface area contributed by atoms with Crippen molar-refractivity contribution in [2.45, 2.75) is 30.1 Å². The van der Waals surface area contributed by atoms with Crippen molar-refractivity contribution in [1.29, 1.82) is 0 Å². The van der Waals surface area contributed by atoms with E-state index in [0.717, 1.165) is 6.42 Å². The second-order valence-corrected chi connectivity index (χ2v) is 6.09. The van der Waals surface area contributed by atoms with Crippen LogP contribution in [0.1, 0.15) is 19.3 Å². The van der Waals surface area contributed by atoms with Crippen LogP contribution in [0.3, 0.4) is 0 Å². The van der Waals surface area contributed by atoms with Gasteiger partial charge >= 0.3 is 0 Å². The van der Waals surface area contributed by atoms with Crippen molar-refractivity contribution in [1.82, 2.24) is 0 Å². The highest BCUT2D eigenvalue weighted by Crippen LogP contribution is 2.30. The highest BCUT2D eigenvalue weighted by atomic mass is 32.2. The van der Waals surface area contributed by atoms with E-state index in [2.05, 4.69) is 0 Å². The Kier molecular flexibility index (Phi) is 2.47. The predicted molar refractivity (Wildman–Crippen MR) is 48.5 cm³/mol. The van der Waals surface area contributed by atoms with Crippen molar-refractivity contribution >= 4 is 9.84 Å². The first kappa shape index (κ1) is 9.95. The van der Waals surface area contributed by atoms with Gasteiger partial charge in [-0.05, 0) is 19.3 Å². The Morgan fingerprint density at radius 3 is 2.42 bits per heavy atom. The Labute approximate surface area is 73.2 Å². The first-order chi connectivity index (χ1) is 5.37. The summed E-state index contributed by atoms with van der Waals surface area (Å²) in [7, 11) is -2.92. The lowest BCUT2D eigenvalue weighted by Gasteiger charge is -2.20. The summed E-state index contributed by atoms with van der Waals surface area (Å²) >= 11 is 0. The van der Waals surface area contributed by atoms with Gasteiger partial charge in [0.05, 0.1) is 5.25 Å². The maximum absolute atomic E-state index is 11.1. The van der Waals surface area contributed by atoms with Crippen molar-refractivity contribution in [3.05, 3.63) is 0 Å². The number of rotatable bonds is 2. The van der Waals surface area contributed by atoms with Crippen LogP contribution in [0, 0.1) is 0 Å². The highest BCUT2D eigenvalue weighted by Gasteiger charge is 2.39. The van der Waals surface area contributed by atoms with Gasteiger partial charge in [0.2, 0.25) is 0 Å². The summed E-state index contributed by atoms with van der Waals surface area (Å²) in [5, 5.41) is -0.272. The molecule has 0 spiro atoms. The lowest BCUT2D eigenvalue weighted by molar-refractivity contribution is 0.450. The van der Waals surface area contributed by atoms with E-state index in [0.29, 0.717) is 19.4 Å². The molecule has 0 radical (unpaired) electrons. The van der Waals surface area contributed by atoms with E-state index in [4.69, 9.17) is 11.5 Å².